The van der Waals surface area contributed by atoms with Gasteiger partial charge in [-0.1, -0.05) is 41.3 Å². The second-order valence-electron chi connectivity index (χ2n) is 5.44. The zero-order valence-electron chi connectivity index (χ0n) is 14.5. The van der Waals surface area contributed by atoms with E-state index in [0.717, 1.165) is 10.8 Å². The third-order valence-electron chi connectivity index (χ3n) is 3.44. The minimum absolute atomic E-state index is 0.156. The molecule has 3 rings (SSSR count). The predicted octanol–water partition coefficient (Wildman–Crippen LogP) is 2.67. The molecule has 0 radical (unpaired) electrons. The summed E-state index contributed by atoms with van der Waals surface area (Å²) in [4.78, 5) is 12.3. The summed E-state index contributed by atoms with van der Waals surface area (Å²) in [6, 6.07) is 9.51. The Hall–Kier alpha value is -2.46. The lowest BCUT2D eigenvalue weighted by molar-refractivity contribution is -0.115. The van der Waals surface area contributed by atoms with Crippen LogP contribution in [0.3, 0.4) is 0 Å². The maximum atomic E-state index is 12.3. The van der Waals surface area contributed by atoms with E-state index in [9.17, 15) is 4.79 Å². The number of thioether (sulfide) groups is 1. The van der Waals surface area contributed by atoms with Gasteiger partial charge in [-0.2, -0.15) is 0 Å². The van der Waals surface area contributed by atoms with Crippen LogP contribution in [0.25, 0.3) is 0 Å². The molecule has 0 aliphatic heterocycles. The number of aromatic nitrogens is 5. The molecular weight excluding hydrogens is 372 g/mol. The molecule has 0 saturated heterocycles. The maximum absolute atomic E-state index is 12.3. The van der Waals surface area contributed by atoms with Gasteiger partial charge < -0.3 is 9.30 Å². The highest BCUT2D eigenvalue weighted by molar-refractivity contribution is 8.00. The first-order chi connectivity index (χ1) is 12.5. The molecule has 1 atom stereocenters. The van der Waals surface area contributed by atoms with Crippen molar-refractivity contribution in [3.63, 3.8) is 0 Å². The van der Waals surface area contributed by atoms with Crippen LogP contribution in [0, 0.1) is 6.92 Å². The number of para-hydroxylation sites is 1. The Labute approximate surface area is 159 Å². The quantitative estimate of drug-likeness (QED) is 0.620. The smallest absolute Gasteiger partial charge is 0.239 e. The van der Waals surface area contributed by atoms with Gasteiger partial charge in [0.1, 0.15) is 17.4 Å². The van der Waals surface area contributed by atoms with Crippen LogP contribution in [0.1, 0.15) is 17.8 Å². The summed E-state index contributed by atoms with van der Waals surface area (Å²) >= 11 is 2.66. The van der Waals surface area contributed by atoms with Gasteiger partial charge in [-0.25, -0.2) is 0 Å². The van der Waals surface area contributed by atoms with Crippen molar-refractivity contribution in [3.8, 4) is 5.75 Å². The number of ether oxygens (including phenoxy) is 1. The molecule has 0 saturated carbocycles. The molecule has 1 amide bonds. The lowest BCUT2D eigenvalue weighted by atomic mass is 10.3. The van der Waals surface area contributed by atoms with Crippen molar-refractivity contribution in [2.24, 2.45) is 7.05 Å². The first-order valence-electron chi connectivity index (χ1n) is 7.86. The Bertz CT molecular complexity index is 880. The molecule has 0 fully saturated rings. The number of amides is 1. The number of carbonyl (C=O) groups excluding carboxylic acids is 1. The van der Waals surface area contributed by atoms with E-state index in [1.165, 1.54) is 23.1 Å². The van der Waals surface area contributed by atoms with Gasteiger partial charge in [0, 0.05) is 7.05 Å². The summed E-state index contributed by atoms with van der Waals surface area (Å²) in [5.41, 5.74) is 0. The highest BCUT2D eigenvalue weighted by atomic mass is 32.2. The first kappa shape index (κ1) is 18.3. The SMILES string of the molecule is Cc1nnc(NC(=O)[C@@H](C)Sc2nnc(COc3ccccc3)n2C)s1. The second-order valence-corrected chi connectivity index (χ2v) is 7.92. The normalized spacial score (nSPS) is 12.0. The number of hydrogen-bond acceptors (Lipinski definition) is 8. The Balaban J connectivity index is 1.57. The molecule has 1 N–H and O–H groups in total. The second kappa shape index (κ2) is 8.28. The molecule has 0 unspecified atom stereocenters. The van der Waals surface area contributed by atoms with Gasteiger partial charge in [0.25, 0.3) is 0 Å². The summed E-state index contributed by atoms with van der Waals surface area (Å²) in [5.74, 6) is 1.30. The van der Waals surface area contributed by atoms with Crippen LogP contribution in [0.2, 0.25) is 0 Å². The van der Waals surface area contributed by atoms with E-state index in [1.54, 1.807) is 0 Å². The van der Waals surface area contributed by atoms with Gasteiger partial charge in [-0.05, 0) is 26.0 Å². The van der Waals surface area contributed by atoms with Crippen LogP contribution in [-0.2, 0) is 18.4 Å². The van der Waals surface area contributed by atoms with E-state index in [1.807, 2.05) is 55.8 Å². The van der Waals surface area contributed by atoms with Gasteiger partial charge >= 0.3 is 0 Å². The third-order valence-corrected chi connectivity index (χ3v) is 5.33. The third kappa shape index (κ3) is 4.58. The zero-order valence-corrected chi connectivity index (χ0v) is 16.2. The fraction of sp³-hybridized carbons (Fsp3) is 0.312. The molecule has 0 aliphatic carbocycles. The summed E-state index contributed by atoms with van der Waals surface area (Å²) in [6.45, 7) is 3.95. The Morgan fingerprint density at radius 2 is 2.04 bits per heavy atom. The van der Waals surface area contributed by atoms with Crippen LogP contribution in [0.15, 0.2) is 35.5 Å². The van der Waals surface area contributed by atoms with Crippen molar-refractivity contribution in [2.75, 3.05) is 5.32 Å². The summed E-state index contributed by atoms with van der Waals surface area (Å²) < 4.78 is 7.52. The number of anilines is 1. The highest BCUT2D eigenvalue weighted by Gasteiger charge is 2.20. The molecule has 0 spiro atoms. The molecule has 2 heterocycles. The molecule has 1 aromatic carbocycles. The van der Waals surface area contributed by atoms with E-state index in [-0.39, 0.29) is 11.2 Å². The van der Waals surface area contributed by atoms with Gasteiger partial charge in [0.15, 0.2) is 11.0 Å². The van der Waals surface area contributed by atoms with Crippen LogP contribution in [0.5, 0.6) is 5.75 Å². The van der Waals surface area contributed by atoms with Crippen LogP contribution in [-0.4, -0.2) is 36.1 Å². The summed E-state index contributed by atoms with van der Waals surface area (Å²) in [6.07, 6.45) is 0. The summed E-state index contributed by atoms with van der Waals surface area (Å²) in [7, 11) is 1.85. The van der Waals surface area contributed by atoms with E-state index >= 15 is 0 Å². The zero-order chi connectivity index (χ0) is 18.5. The molecule has 2 aromatic heterocycles. The molecule has 0 bridgehead atoms. The average Bonchev–Trinajstić information content (AvgIpc) is 3.20. The number of aryl methyl sites for hydroxylation is 1. The Kier molecular flexibility index (Phi) is 5.84. The van der Waals surface area contributed by atoms with Crippen LogP contribution >= 0.6 is 23.1 Å². The minimum atomic E-state index is -0.356. The number of rotatable bonds is 7. The van der Waals surface area contributed by atoms with Gasteiger partial charge in [0.2, 0.25) is 11.0 Å². The van der Waals surface area contributed by atoms with E-state index in [4.69, 9.17) is 4.74 Å². The van der Waals surface area contributed by atoms with Gasteiger partial charge in [0.05, 0.1) is 5.25 Å². The topological polar surface area (TPSA) is 94.8 Å². The molecule has 136 valence electrons. The maximum Gasteiger partial charge on any atom is 0.239 e. The van der Waals surface area contributed by atoms with Crippen molar-refractivity contribution < 1.29 is 9.53 Å². The lowest BCUT2D eigenvalue weighted by Gasteiger charge is -2.10. The number of hydrogen-bond donors (Lipinski definition) is 1. The standard InChI is InChI=1S/C16H18N6O2S2/c1-10(14(23)17-15-20-18-11(2)26-15)25-16-21-19-13(22(16)3)9-24-12-7-5-4-6-8-12/h4-8,10H,9H2,1-3H3,(H,17,20,23)/t10-/m1/s1. The van der Waals surface area contributed by atoms with E-state index in [0.29, 0.717) is 22.7 Å². The van der Waals surface area contributed by atoms with Crippen LogP contribution < -0.4 is 10.1 Å². The molecule has 10 heteroatoms. The minimum Gasteiger partial charge on any atom is -0.486 e. The molecule has 3 aromatic rings. The number of nitrogens with zero attached hydrogens (tertiary/aromatic N) is 5. The van der Waals surface area contributed by atoms with Crippen molar-refractivity contribution in [1.82, 2.24) is 25.0 Å². The Morgan fingerprint density at radius 3 is 2.73 bits per heavy atom. The van der Waals surface area contributed by atoms with E-state index < -0.39 is 0 Å². The Morgan fingerprint density at radius 1 is 1.27 bits per heavy atom. The molecule has 26 heavy (non-hydrogen) atoms. The van der Waals surface area contributed by atoms with Gasteiger partial charge in [-0.3, -0.25) is 10.1 Å². The van der Waals surface area contributed by atoms with Crippen molar-refractivity contribution in [2.45, 2.75) is 30.9 Å². The summed E-state index contributed by atoms with van der Waals surface area (Å²) in [5, 5.41) is 20.4. The molecule has 8 nitrogen and oxygen atoms in total. The average molecular weight is 390 g/mol. The fourth-order valence-electron chi connectivity index (χ4n) is 2.00. The van der Waals surface area contributed by atoms with E-state index in [2.05, 4.69) is 25.7 Å². The molecule has 0 aliphatic rings. The van der Waals surface area contributed by atoms with Crippen LogP contribution in [0.4, 0.5) is 5.13 Å². The highest BCUT2D eigenvalue weighted by Crippen LogP contribution is 2.23. The van der Waals surface area contributed by atoms with Crippen molar-refractivity contribution in [3.05, 3.63) is 41.2 Å². The number of nitrogens with one attached hydrogen (secondary N) is 1. The largest absolute Gasteiger partial charge is 0.486 e. The fourth-order valence-corrected chi connectivity index (χ4v) is 3.43. The number of benzene rings is 1. The predicted molar refractivity (Wildman–Crippen MR) is 100 cm³/mol. The van der Waals surface area contributed by atoms with Gasteiger partial charge in [-0.15, -0.1) is 20.4 Å². The lowest BCUT2D eigenvalue weighted by Crippen LogP contribution is -2.22. The van der Waals surface area contributed by atoms with Crippen molar-refractivity contribution >= 4 is 34.1 Å². The number of carbonyl (C=O) groups is 1. The monoisotopic (exact) mass is 390 g/mol. The van der Waals surface area contributed by atoms with Crippen molar-refractivity contribution in [1.29, 1.82) is 0 Å². The first-order valence-corrected chi connectivity index (χ1v) is 9.56. The molecular formula is C16H18N6O2S2.